The standard InChI is InChI=1S/C13H17NO3/c1-10-4-5-12-11(8-10)14(6-2-3-7-15)13(16)9-17-12/h4-5,8,15H,2-3,6-7,9H2,1H3. The van der Waals surface area contributed by atoms with Gasteiger partial charge in [-0.15, -0.1) is 0 Å². The fraction of sp³-hybridized carbons (Fsp3) is 0.462. The number of ether oxygens (including phenoxy) is 1. The van der Waals surface area contributed by atoms with Gasteiger partial charge in [-0.05, 0) is 37.5 Å². The molecule has 1 aromatic rings. The number of nitrogens with zero attached hydrogens (tertiary/aromatic N) is 1. The van der Waals surface area contributed by atoms with Crippen LogP contribution in [0.5, 0.6) is 5.75 Å². The Hall–Kier alpha value is -1.55. The van der Waals surface area contributed by atoms with Crippen molar-refractivity contribution in [1.29, 1.82) is 0 Å². The van der Waals surface area contributed by atoms with E-state index in [2.05, 4.69) is 0 Å². The van der Waals surface area contributed by atoms with Gasteiger partial charge in [0.15, 0.2) is 6.61 Å². The van der Waals surface area contributed by atoms with Crippen LogP contribution in [0.3, 0.4) is 0 Å². The molecule has 0 fully saturated rings. The number of fused-ring (bicyclic) bond motifs is 1. The van der Waals surface area contributed by atoms with Crippen molar-refractivity contribution in [2.45, 2.75) is 19.8 Å². The molecule has 17 heavy (non-hydrogen) atoms. The van der Waals surface area contributed by atoms with E-state index in [9.17, 15) is 4.79 Å². The normalized spacial score (nSPS) is 14.5. The summed E-state index contributed by atoms with van der Waals surface area (Å²) >= 11 is 0. The minimum Gasteiger partial charge on any atom is -0.482 e. The van der Waals surface area contributed by atoms with Crippen molar-refractivity contribution in [3.05, 3.63) is 23.8 Å². The maximum absolute atomic E-state index is 11.8. The summed E-state index contributed by atoms with van der Waals surface area (Å²) in [5.41, 5.74) is 1.95. The van der Waals surface area contributed by atoms with Crippen LogP contribution in [0.25, 0.3) is 0 Å². The van der Waals surface area contributed by atoms with Gasteiger partial charge in [0, 0.05) is 13.2 Å². The first kappa shape index (κ1) is 11.9. The topological polar surface area (TPSA) is 49.8 Å². The summed E-state index contributed by atoms with van der Waals surface area (Å²) in [5, 5.41) is 8.77. The largest absolute Gasteiger partial charge is 0.482 e. The van der Waals surface area contributed by atoms with E-state index in [1.807, 2.05) is 25.1 Å². The van der Waals surface area contributed by atoms with E-state index in [1.165, 1.54) is 0 Å². The lowest BCUT2D eigenvalue weighted by molar-refractivity contribution is -0.121. The molecule has 0 spiro atoms. The molecule has 4 heteroatoms. The van der Waals surface area contributed by atoms with Crippen molar-refractivity contribution in [2.24, 2.45) is 0 Å². The van der Waals surface area contributed by atoms with Gasteiger partial charge in [-0.25, -0.2) is 0 Å². The number of carbonyl (C=O) groups is 1. The molecule has 0 atom stereocenters. The van der Waals surface area contributed by atoms with Gasteiger partial charge in [-0.2, -0.15) is 0 Å². The van der Waals surface area contributed by atoms with E-state index < -0.39 is 0 Å². The summed E-state index contributed by atoms with van der Waals surface area (Å²) in [6.07, 6.45) is 1.52. The first-order chi connectivity index (χ1) is 8.22. The number of amides is 1. The maximum atomic E-state index is 11.8. The highest BCUT2D eigenvalue weighted by atomic mass is 16.5. The zero-order chi connectivity index (χ0) is 12.3. The van der Waals surface area contributed by atoms with Crippen molar-refractivity contribution in [1.82, 2.24) is 0 Å². The number of carbonyl (C=O) groups excluding carboxylic acids is 1. The van der Waals surface area contributed by atoms with Crippen molar-refractivity contribution < 1.29 is 14.6 Å². The Kier molecular flexibility index (Phi) is 3.64. The molecule has 0 aliphatic carbocycles. The average molecular weight is 235 g/mol. The van der Waals surface area contributed by atoms with Gasteiger partial charge in [0.05, 0.1) is 5.69 Å². The molecule has 2 rings (SSSR count). The predicted molar refractivity (Wildman–Crippen MR) is 65.3 cm³/mol. The quantitative estimate of drug-likeness (QED) is 0.804. The van der Waals surface area contributed by atoms with Gasteiger partial charge < -0.3 is 14.7 Å². The summed E-state index contributed by atoms with van der Waals surface area (Å²) in [7, 11) is 0. The van der Waals surface area contributed by atoms with Gasteiger partial charge in [-0.1, -0.05) is 6.07 Å². The fourth-order valence-electron chi connectivity index (χ4n) is 1.94. The Morgan fingerprint density at radius 2 is 2.24 bits per heavy atom. The van der Waals surface area contributed by atoms with Crippen molar-refractivity contribution in [3.63, 3.8) is 0 Å². The molecular weight excluding hydrogens is 218 g/mol. The Bertz CT molecular complexity index is 417. The van der Waals surface area contributed by atoms with Crippen LogP contribution in [0.1, 0.15) is 18.4 Å². The van der Waals surface area contributed by atoms with Gasteiger partial charge in [-0.3, -0.25) is 4.79 Å². The average Bonchev–Trinajstić information content (AvgIpc) is 2.32. The van der Waals surface area contributed by atoms with E-state index in [0.717, 1.165) is 23.4 Å². The first-order valence-electron chi connectivity index (χ1n) is 5.87. The molecule has 1 heterocycles. The lowest BCUT2D eigenvalue weighted by Crippen LogP contribution is -2.39. The third kappa shape index (κ3) is 2.58. The number of aliphatic hydroxyl groups is 1. The smallest absolute Gasteiger partial charge is 0.265 e. The first-order valence-corrected chi connectivity index (χ1v) is 5.87. The number of hydrogen-bond acceptors (Lipinski definition) is 3. The minimum absolute atomic E-state index is 0.0129. The molecule has 0 aromatic heterocycles. The molecule has 1 aliphatic rings. The molecular formula is C13H17NO3. The second kappa shape index (κ2) is 5.19. The number of hydrogen-bond donors (Lipinski definition) is 1. The Morgan fingerprint density at radius 3 is 3.00 bits per heavy atom. The van der Waals surface area contributed by atoms with E-state index in [4.69, 9.17) is 9.84 Å². The summed E-state index contributed by atoms with van der Waals surface area (Å²) in [5.74, 6) is 0.750. The van der Waals surface area contributed by atoms with Crippen molar-refractivity contribution in [2.75, 3.05) is 24.7 Å². The van der Waals surface area contributed by atoms with E-state index >= 15 is 0 Å². The molecule has 1 aromatic carbocycles. The van der Waals surface area contributed by atoms with Gasteiger partial charge in [0.25, 0.3) is 5.91 Å². The number of rotatable bonds is 4. The predicted octanol–water partition coefficient (Wildman–Crippen LogP) is 1.49. The number of aryl methyl sites for hydroxylation is 1. The molecule has 1 amide bonds. The van der Waals surface area contributed by atoms with Crippen LogP contribution in [-0.2, 0) is 4.79 Å². The third-order valence-corrected chi connectivity index (χ3v) is 2.85. The van der Waals surface area contributed by atoms with Gasteiger partial charge in [0.2, 0.25) is 0 Å². The fourth-order valence-corrected chi connectivity index (χ4v) is 1.94. The van der Waals surface area contributed by atoms with Crippen LogP contribution in [0.4, 0.5) is 5.69 Å². The summed E-state index contributed by atoms with van der Waals surface area (Å²) < 4.78 is 5.39. The molecule has 0 saturated heterocycles. The van der Waals surface area contributed by atoms with Crippen LogP contribution in [0.2, 0.25) is 0 Å². The number of benzene rings is 1. The Morgan fingerprint density at radius 1 is 1.41 bits per heavy atom. The Labute approximate surface area is 101 Å². The minimum atomic E-state index is -0.0129. The van der Waals surface area contributed by atoms with Crippen molar-refractivity contribution in [3.8, 4) is 5.75 Å². The second-order valence-electron chi connectivity index (χ2n) is 4.24. The number of aliphatic hydroxyl groups excluding tert-OH is 1. The van der Waals surface area contributed by atoms with E-state index in [0.29, 0.717) is 13.0 Å². The second-order valence-corrected chi connectivity index (χ2v) is 4.24. The molecule has 4 nitrogen and oxygen atoms in total. The molecule has 0 saturated carbocycles. The SMILES string of the molecule is Cc1ccc2c(c1)N(CCCCO)C(=O)CO2. The highest BCUT2D eigenvalue weighted by Crippen LogP contribution is 2.32. The molecule has 1 N–H and O–H groups in total. The monoisotopic (exact) mass is 235 g/mol. The van der Waals surface area contributed by atoms with Gasteiger partial charge in [0.1, 0.15) is 5.75 Å². The summed E-state index contributed by atoms with van der Waals surface area (Å²) in [6, 6.07) is 5.84. The van der Waals surface area contributed by atoms with Gasteiger partial charge >= 0.3 is 0 Å². The highest BCUT2D eigenvalue weighted by molar-refractivity contribution is 5.97. The highest BCUT2D eigenvalue weighted by Gasteiger charge is 2.24. The zero-order valence-corrected chi connectivity index (χ0v) is 9.98. The number of unbranched alkanes of at least 4 members (excludes halogenated alkanes) is 1. The van der Waals surface area contributed by atoms with E-state index in [1.54, 1.807) is 4.90 Å². The van der Waals surface area contributed by atoms with Crippen LogP contribution in [0.15, 0.2) is 18.2 Å². The van der Waals surface area contributed by atoms with Crippen LogP contribution < -0.4 is 9.64 Å². The molecule has 0 bridgehead atoms. The lowest BCUT2D eigenvalue weighted by atomic mass is 10.1. The molecule has 1 aliphatic heterocycles. The van der Waals surface area contributed by atoms with Crippen LogP contribution in [0, 0.1) is 6.92 Å². The van der Waals surface area contributed by atoms with Crippen LogP contribution in [-0.4, -0.2) is 30.8 Å². The summed E-state index contributed by atoms with van der Waals surface area (Å²) in [6.45, 7) is 2.90. The molecule has 92 valence electrons. The lowest BCUT2D eigenvalue weighted by Gasteiger charge is -2.29. The maximum Gasteiger partial charge on any atom is 0.265 e. The Balaban J connectivity index is 2.20. The van der Waals surface area contributed by atoms with E-state index in [-0.39, 0.29) is 19.1 Å². The molecule has 0 radical (unpaired) electrons. The zero-order valence-electron chi connectivity index (χ0n) is 9.98. The third-order valence-electron chi connectivity index (χ3n) is 2.85. The van der Waals surface area contributed by atoms with Crippen molar-refractivity contribution >= 4 is 11.6 Å². The number of anilines is 1. The molecule has 0 unspecified atom stereocenters. The van der Waals surface area contributed by atoms with Crippen LogP contribution >= 0.6 is 0 Å². The summed E-state index contributed by atoms with van der Waals surface area (Å²) in [4.78, 5) is 13.6.